The van der Waals surface area contributed by atoms with Crippen molar-refractivity contribution in [3.63, 3.8) is 0 Å². The van der Waals surface area contributed by atoms with E-state index in [1.165, 1.54) is 18.6 Å². The molecule has 0 aromatic heterocycles. The molecule has 1 atom stereocenters. The van der Waals surface area contributed by atoms with Gasteiger partial charge >= 0.3 is 124 Å². The van der Waals surface area contributed by atoms with Crippen molar-refractivity contribution in [1.29, 1.82) is 0 Å². The Morgan fingerprint density at radius 2 is 2.17 bits per heavy atom. The van der Waals surface area contributed by atoms with E-state index < -0.39 is 0 Å². The second-order valence-corrected chi connectivity index (χ2v) is 10.8. The molecule has 0 radical (unpaired) electrons. The average Bonchev–Trinajstić information content (AvgIpc) is 3.05. The van der Waals surface area contributed by atoms with Gasteiger partial charge < -0.3 is 4.90 Å². The molecule has 1 aliphatic rings. The summed E-state index contributed by atoms with van der Waals surface area (Å²) in [6, 6.07) is 8.05. The van der Waals surface area contributed by atoms with Gasteiger partial charge in [-0.3, -0.25) is 0 Å². The van der Waals surface area contributed by atoms with Gasteiger partial charge in [0.15, 0.2) is 0 Å². The van der Waals surface area contributed by atoms with E-state index in [-0.39, 0.29) is 5.91 Å². The second kappa shape index (κ2) is 10.0. The number of rotatable bonds is 8. The first-order chi connectivity index (χ1) is 11.1. The summed E-state index contributed by atoms with van der Waals surface area (Å²) in [6.07, 6.45) is 7.07. The number of anilines is 1. The number of nitrogens with zero attached hydrogens (tertiary/aromatic N) is 2. The van der Waals surface area contributed by atoms with Gasteiger partial charge in [0, 0.05) is 19.8 Å². The summed E-state index contributed by atoms with van der Waals surface area (Å²) in [5, 5.41) is 4.03. The summed E-state index contributed by atoms with van der Waals surface area (Å²) < 4.78 is 0. The number of carbonyl (C=O) groups excluding carboxylic acids is 1. The molecular weight excluding hydrogens is 373 g/mol. The molecule has 4 nitrogen and oxygen atoms in total. The Kier molecular flexibility index (Phi) is 8.00. The number of hydrogen-bond donors (Lipinski definition) is 1. The monoisotopic (exact) mass is 399 g/mol. The molecule has 1 aliphatic heterocycles. The number of hydrazone groups is 1. The van der Waals surface area contributed by atoms with Crippen LogP contribution in [0.3, 0.4) is 0 Å². The van der Waals surface area contributed by atoms with Gasteiger partial charge in [-0.2, -0.15) is 0 Å². The number of nitrogens with one attached hydrogen (secondary N) is 1. The summed E-state index contributed by atoms with van der Waals surface area (Å²) >= 11 is 0.786. The van der Waals surface area contributed by atoms with Gasteiger partial charge in [-0.15, -0.1) is 0 Å². The summed E-state index contributed by atoms with van der Waals surface area (Å²) in [7, 11) is 6.14. The van der Waals surface area contributed by atoms with E-state index >= 15 is 0 Å². The Hall–Kier alpha value is -0.971. The maximum absolute atomic E-state index is 11.7. The third kappa shape index (κ3) is 6.98. The van der Waals surface area contributed by atoms with Crippen molar-refractivity contribution in [2.45, 2.75) is 36.9 Å². The normalized spacial score (nSPS) is 17.6. The Morgan fingerprint density at radius 3 is 2.83 bits per heavy atom. The van der Waals surface area contributed by atoms with E-state index in [4.69, 9.17) is 0 Å². The zero-order chi connectivity index (χ0) is 16.5. The molecule has 1 heterocycles. The van der Waals surface area contributed by atoms with Crippen molar-refractivity contribution in [3.05, 3.63) is 29.8 Å². The number of benzene rings is 1. The molecule has 23 heavy (non-hydrogen) atoms. The van der Waals surface area contributed by atoms with Gasteiger partial charge in [-0.1, -0.05) is 0 Å². The Labute approximate surface area is 148 Å². The molecule has 0 aliphatic carbocycles. The molecule has 126 valence electrons. The SMILES string of the molecule is CN(C)c1ccc(/C=N/NC(=O)CCCCC2CCS[Se]2)cc1. The van der Waals surface area contributed by atoms with Crippen LogP contribution in [0.25, 0.3) is 0 Å². The van der Waals surface area contributed by atoms with Crippen molar-refractivity contribution in [2.24, 2.45) is 5.10 Å². The standard InChI is InChI=1S/C17H25N3OSSe/c1-20(2)15-9-7-14(8-10-15)13-18-19-17(21)6-4-3-5-16-11-12-22-23-16/h7-10,13,16H,3-6,11-12H2,1-2H3,(H,19,21)/b18-13+. The van der Waals surface area contributed by atoms with Crippen molar-refractivity contribution in [3.8, 4) is 0 Å². The van der Waals surface area contributed by atoms with Crippen LogP contribution >= 0.6 is 10.2 Å². The van der Waals surface area contributed by atoms with Gasteiger partial charge in [-0.25, -0.2) is 0 Å². The summed E-state index contributed by atoms with van der Waals surface area (Å²) in [4.78, 5) is 14.7. The number of hydrogen-bond acceptors (Lipinski definition) is 4. The maximum atomic E-state index is 11.7. The molecule has 0 spiro atoms. The summed E-state index contributed by atoms with van der Waals surface area (Å²) in [5.41, 5.74) is 4.75. The fourth-order valence-corrected chi connectivity index (χ4v) is 7.74. The molecule has 6 heteroatoms. The van der Waals surface area contributed by atoms with Crippen LogP contribution in [0.2, 0.25) is 4.82 Å². The van der Waals surface area contributed by atoms with E-state index in [0.29, 0.717) is 6.42 Å². The Balaban J connectivity index is 1.61. The van der Waals surface area contributed by atoms with Crippen molar-refractivity contribution >= 4 is 41.8 Å². The number of amides is 1. The van der Waals surface area contributed by atoms with Crippen LogP contribution in [0.5, 0.6) is 0 Å². The van der Waals surface area contributed by atoms with Crippen LogP contribution in [0.1, 0.15) is 37.7 Å². The predicted molar refractivity (Wildman–Crippen MR) is 102 cm³/mol. The van der Waals surface area contributed by atoms with Crippen LogP contribution < -0.4 is 10.3 Å². The van der Waals surface area contributed by atoms with Gasteiger partial charge in [0.25, 0.3) is 0 Å². The summed E-state index contributed by atoms with van der Waals surface area (Å²) in [6.45, 7) is 0. The first-order valence-corrected chi connectivity index (χ1v) is 12.0. The van der Waals surface area contributed by atoms with Gasteiger partial charge in [0.1, 0.15) is 0 Å². The topological polar surface area (TPSA) is 44.7 Å². The van der Waals surface area contributed by atoms with Crippen molar-refractivity contribution < 1.29 is 4.79 Å². The van der Waals surface area contributed by atoms with E-state index in [0.717, 1.165) is 42.7 Å². The second-order valence-electron chi connectivity index (χ2n) is 5.85. The van der Waals surface area contributed by atoms with Crippen molar-refractivity contribution in [1.82, 2.24) is 5.43 Å². The minimum absolute atomic E-state index is 0.0115. The number of unbranched alkanes of at least 4 members (excludes halogenated alkanes) is 1. The zero-order valence-electron chi connectivity index (χ0n) is 13.8. The van der Waals surface area contributed by atoms with Gasteiger partial charge in [0.05, 0.1) is 0 Å². The first-order valence-electron chi connectivity index (χ1n) is 8.03. The quantitative estimate of drug-likeness (QED) is 0.316. The van der Waals surface area contributed by atoms with E-state index in [1.54, 1.807) is 6.21 Å². The van der Waals surface area contributed by atoms with Crippen LogP contribution in [0.4, 0.5) is 5.69 Å². The fourth-order valence-electron chi connectivity index (χ4n) is 2.32. The third-order valence-electron chi connectivity index (χ3n) is 3.72. The number of carbonyl (C=O) groups is 1. The van der Waals surface area contributed by atoms with Crippen LogP contribution in [0.15, 0.2) is 29.4 Å². The van der Waals surface area contributed by atoms with E-state index in [2.05, 4.69) is 20.7 Å². The molecule has 1 aromatic carbocycles. The predicted octanol–water partition coefficient (Wildman–Crippen LogP) is 3.31. The molecule has 2 rings (SSSR count). The minimum atomic E-state index is 0.0115. The molecule has 0 bridgehead atoms. The van der Waals surface area contributed by atoms with Gasteiger partial charge in [-0.05, 0) is 0 Å². The van der Waals surface area contributed by atoms with Crippen LogP contribution in [-0.4, -0.2) is 45.8 Å². The molecular formula is C17H25N3OSSe. The van der Waals surface area contributed by atoms with E-state index in [1.807, 2.05) is 43.3 Å². The molecule has 1 fully saturated rings. The first kappa shape index (κ1) is 18.4. The Morgan fingerprint density at radius 1 is 1.39 bits per heavy atom. The van der Waals surface area contributed by atoms with Crippen molar-refractivity contribution in [2.75, 3.05) is 24.7 Å². The molecule has 1 N–H and O–H groups in total. The Bertz CT molecular complexity index is 513. The van der Waals surface area contributed by atoms with Gasteiger partial charge in [0.2, 0.25) is 0 Å². The summed E-state index contributed by atoms with van der Waals surface area (Å²) in [5.74, 6) is 1.35. The molecule has 1 unspecified atom stereocenters. The third-order valence-corrected chi connectivity index (χ3v) is 9.14. The fraction of sp³-hybridized carbons (Fsp3) is 0.529. The molecule has 1 aromatic rings. The van der Waals surface area contributed by atoms with Crippen LogP contribution in [-0.2, 0) is 4.79 Å². The van der Waals surface area contributed by atoms with E-state index in [9.17, 15) is 4.79 Å². The molecule has 0 saturated carbocycles. The van der Waals surface area contributed by atoms with Crippen LogP contribution in [0, 0.1) is 0 Å². The molecule has 1 saturated heterocycles. The zero-order valence-corrected chi connectivity index (χ0v) is 16.4. The average molecular weight is 398 g/mol. The molecule has 1 amide bonds.